The molecule has 0 aliphatic carbocycles. The molecule has 1 atom stereocenters. The van der Waals surface area contributed by atoms with Crippen molar-refractivity contribution in [1.82, 2.24) is 4.72 Å². The molecular weight excluding hydrogens is 272 g/mol. The molecule has 5 heteroatoms. The minimum absolute atomic E-state index is 0.0599. The Morgan fingerprint density at radius 3 is 2.25 bits per heavy atom. The summed E-state index contributed by atoms with van der Waals surface area (Å²) >= 11 is 0. The number of sulfonamides is 1. The van der Waals surface area contributed by atoms with Crippen LogP contribution in [0, 0.1) is 22.7 Å². The van der Waals surface area contributed by atoms with E-state index < -0.39 is 10.0 Å². The van der Waals surface area contributed by atoms with Gasteiger partial charge in [-0.25, -0.2) is 13.1 Å². The third kappa shape index (κ3) is 5.32. The summed E-state index contributed by atoms with van der Waals surface area (Å²) in [5.74, 6) is 0.188. The summed E-state index contributed by atoms with van der Waals surface area (Å²) in [4.78, 5) is 0. The maximum atomic E-state index is 12.0. The summed E-state index contributed by atoms with van der Waals surface area (Å²) in [7, 11) is -3.34. The maximum absolute atomic E-state index is 12.0. The van der Waals surface area contributed by atoms with Crippen molar-refractivity contribution in [3.05, 3.63) is 35.4 Å². The Kier molecular flexibility index (Phi) is 5.32. The van der Waals surface area contributed by atoms with Gasteiger partial charge in [-0.2, -0.15) is 5.26 Å². The first kappa shape index (κ1) is 16.7. The van der Waals surface area contributed by atoms with Gasteiger partial charge in [-0.05, 0) is 29.0 Å². The Bertz CT molecular complexity index is 578. The van der Waals surface area contributed by atoms with Crippen molar-refractivity contribution < 1.29 is 8.42 Å². The second-order valence-corrected chi connectivity index (χ2v) is 7.99. The van der Waals surface area contributed by atoms with Crippen LogP contribution in [0.1, 0.15) is 38.8 Å². The van der Waals surface area contributed by atoms with E-state index in [9.17, 15) is 8.42 Å². The van der Waals surface area contributed by atoms with Gasteiger partial charge in [-0.1, -0.05) is 39.8 Å². The molecule has 0 saturated heterocycles. The number of nitrogens with zero attached hydrogens (tertiary/aromatic N) is 1. The van der Waals surface area contributed by atoms with E-state index >= 15 is 0 Å². The number of nitriles is 1. The Morgan fingerprint density at radius 1 is 1.25 bits per heavy atom. The fourth-order valence-corrected chi connectivity index (χ4v) is 2.74. The lowest BCUT2D eigenvalue weighted by atomic mass is 9.82. The summed E-state index contributed by atoms with van der Waals surface area (Å²) in [6.45, 7) is 8.73. The van der Waals surface area contributed by atoms with Gasteiger partial charge in [0.05, 0.1) is 17.4 Å². The van der Waals surface area contributed by atoms with Crippen molar-refractivity contribution in [3.63, 3.8) is 0 Å². The Morgan fingerprint density at radius 2 is 1.80 bits per heavy atom. The predicted octanol–water partition coefficient (Wildman–Crippen LogP) is 2.66. The van der Waals surface area contributed by atoms with Crippen LogP contribution in [0.4, 0.5) is 0 Å². The lowest BCUT2D eigenvalue weighted by Crippen LogP contribution is -2.34. The van der Waals surface area contributed by atoms with E-state index in [2.05, 4.69) is 25.5 Å². The minimum Gasteiger partial charge on any atom is -0.215 e. The highest BCUT2D eigenvalue weighted by atomic mass is 32.2. The van der Waals surface area contributed by atoms with Crippen LogP contribution in [0.2, 0.25) is 0 Å². The largest absolute Gasteiger partial charge is 0.215 e. The fraction of sp³-hybridized carbons (Fsp3) is 0.533. The Hall–Kier alpha value is -1.38. The highest BCUT2D eigenvalue weighted by Gasteiger charge is 2.22. The Balaban J connectivity index is 2.64. The van der Waals surface area contributed by atoms with Gasteiger partial charge in [0.15, 0.2) is 0 Å². The molecule has 1 N–H and O–H groups in total. The first-order valence-electron chi connectivity index (χ1n) is 6.60. The summed E-state index contributed by atoms with van der Waals surface area (Å²) in [6, 6.07) is 8.61. The van der Waals surface area contributed by atoms with E-state index in [4.69, 9.17) is 5.26 Å². The number of rotatable bonds is 5. The standard InChI is InChI=1S/C15H22N2O2S/c1-12(15(2,3)4)10-17-20(18,19)11-14-7-5-13(9-16)6-8-14/h5-8,12,17H,10-11H2,1-4H3. The molecule has 0 saturated carbocycles. The predicted molar refractivity (Wildman–Crippen MR) is 80.4 cm³/mol. The molecule has 0 radical (unpaired) electrons. The van der Waals surface area contributed by atoms with E-state index in [0.717, 1.165) is 0 Å². The van der Waals surface area contributed by atoms with Crippen molar-refractivity contribution in [2.45, 2.75) is 33.4 Å². The van der Waals surface area contributed by atoms with Gasteiger partial charge in [-0.15, -0.1) is 0 Å². The zero-order chi connectivity index (χ0) is 15.4. The highest BCUT2D eigenvalue weighted by Crippen LogP contribution is 2.24. The minimum atomic E-state index is -3.34. The van der Waals surface area contributed by atoms with Gasteiger partial charge in [0, 0.05) is 6.54 Å². The van der Waals surface area contributed by atoms with Crippen molar-refractivity contribution in [1.29, 1.82) is 5.26 Å². The molecule has 0 spiro atoms. The lowest BCUT2D eigenvalue weighted by Gasteiger charge is -2.27. The lowest BCUT2D eigenvalue weighted by molar-refractivity contribution is 0.263. The van der Waals surface area contributed by atoms with Crippen LogP contribution >= 0.6 is 0 Å². The van der Waals surface area contributed by atoms with Gasteiger partial charge in [0.25, 0.3) is 0 Å². The molecule has 0 aromatic heterocycles. The van der Waals surface area contributed by atoms with Crippen LogP contribution in [0.25, 0.3) is 0 Å². The summed E-state index contributed by atoms with van der Waals surface area (Å²) in [5.41, 5.74) is 1.28. The molecule has 20 heavy (non-hydrogen) atoms. The molecule has 110 valence electrons. The van der Waals surface area contributed by atoms with Crippen molar-refractivity contribution in [2.24, 2.45) is 11.3 Å². The number of benzene rings is 1. The van der Waals surface area contributed by atoms with Crippen LogP contribution in [0.3, 0.4) is 0 Å². The summed E-state index contributed by atoms with van der Waals surface area (Å²) < 4.78 is 26.7. The number of hydrogen-bond donors (Lipinski definition) is 1. The zero-order valence-electron chi connectivity index (χ0n) is 12.5. The number of nitrogens with one attached hydrogen (secondary N) is 1. The van der Waals surface area contributed by atoms with E-state index in [1.807, 2.05) is 13.0 Å². The third-order valence-electron chi connectivity index (χ3n) is 3.53. The van der Waals surface area contributed by atoms with Crippen LogP contribution in [0.5, 0.6) is 0 Å². The molecular formula is C15H22N2O2S. The molecule has 1 aromatic carbocycles. The maximum Gasteiger partial charge on any atom is 0.215 e. The topological polar surface area (TPSA) is 70.0 Å². The van der Waals surface area contributed by atoms with Crippen LogP contribution in [-0.4, -0.2) is 15.0 Å². The van der Waals surface area contributed by atoms with Crippen molar-refractivity contribution in [3.8, 4) is 6.07 Å². The van der Waals surface area contributed by atoms with Crippen molar-refractivity contribution >= 4 is 10.0 Å². The van der Waals surface area contributed by atoms with Gasteiger partial charge in [0.2, 0.25) is 10.0 Å². The van der Waals surface area contributed by atoms with Gasteiger partial charge < -0.3 is 0 Å². The summed E-state index contributed by atoms with van der Waals surface area (Å²) in [5, 5.41) is 8.70. The zero-order valence-corrected chi connectivity index (χ0v) is 13.3. The first-order valence-corrected chi connectivity index (χ1v) is 8.25. The molecule has 0 bridgehead atoms. The molecule has 1 unspecified atom stereocenters. The SMILES string of the molecule is CC(CNS(=O)(=O)Cc1ccc(C#N)cc1)C(C)(C)C. The monoisotopic (exact) mass is 294 g/mol. The molecule has 1 rings (SSSR count). The van der Waals surface area contributed by atoms with E-state index in [1.165, 1.54) is 0 Å². The molecule has 0 amide bonds. The molecule has 0 heterocycles. The van der Waals surface area contributed by atoms with E-state index in [1.54, 1.807) is 24.3 Å². The van der Waals surface area contributed by atoms with E-state index in [0.29, 0.717) is 17.7 Å². The average molecular weight is 294 g/mol. The van der Waals surface area contributed by atoms with Gasteiger partial charge in [0.1, 0.15) is 0 Å². The highest BCUT2D eigenvalue weighted by molar-refractivity contribution is 7.88. The smallest absolute Gasteiger partial charge is 0.215 e. The second-order valence-electron chi connectivity index (χ2n) is 6.18. The number of hydrogen-bond acceptors (Lipinski definition) is 3. The third-order valence-corrected chi connectivity index (χ3v) is 4.85. The Labute approximate surface area is 121 Å². The quantitative estimate of drug-likeness (QED) is 0.907. The van der Waals surface area contributed by atoms with Crippen LogP contribution in [-0.2, 0) is 15.8 Å². The molecule has 0 aliphatic rings. The van der Waals surface area contributed by atoms with E-state index in [-0.39, 0.29) is 17.1 Å². The average Bonchev–Trinajstić information content (AvgIpc) is 2.35. The van der Waals surface area contributed by atoms with Gasteiger partial charge in [-0.3, -0.25) is 0 Å². The summed E-state index contributed by atoms with van der Waals surface area (Å²) in [6.07, 6.45) is 0. The molecule has 1 aromatic rings. The van der Waals surface area contributed by atoms with Crippen LogP contribution in [0.15, 0.2) is 24.3 Å². The molecule has 4 nitrogen and oxygen atoms in total. The second kappa shape index (κ2) is 6.38. The first-order chi connectivity index (χ1) is 9.14. The van der Waals surface area contributed by atoms with Crippen LogP contribution < -0.4 is 4.72 Å². The molecule has 0 fully saturated rings. The normalized spacial score (nSPS) is 13.8. The molecule has 0 aliphatic heterocycles. The fourth-order valence-electron chi connectivity index (χ4n) is 1.50. The van der Waals surface area contributed by atoms with Gasteiger partial charge >= 0.3 is 0 Å². The van der Waals surface area contributed by atoms with Crippen molar-refractivity contribution in [2.75, 3.05) is 6.54 Å².